The number of ether oxygens (including phenoxy) is 1. The molecule has 5 nitrogen and oxygen atoms in total. The second-order valence-corrected chi connectivity index (χ2v) is 4.29. The van der Waals surface area contributed by atoms with Crippen LogP contribution in [-0.4, -0.2) is 37.0 Å². The minimum absolute atomic E-state index is 0.190. The molecule has 96 valence electrons. The molecule has 0 aliphatic heterocycles. The third kappa shape index (κ3) is 6.25. The van der Waals surface area contributed by atoms with Gasteiger partial charge in [0, 0.05) is 19.7 Å². The number of amides is 2. The Morgan fingerprint density at radius 1 is 1.59 bits per heavy atom. The van der Waals surface area contributed by atoms with Crippen molar-refractivity contribution in [2.24, 2.45) is 0 Å². The van der Waals surface area contributed by atoms with E-state index in [9.17, 15) is 9.90 Å². The Kier molecular flexibility index (Phi) is 6.61. The van der Waals surface area contributed by atoms with E-state index in [1.54, 1.807) is 11.3 Å². The number of hydrogen-bond donors (Lipinski definition) is 3. The predicted octanol–water partition coefficient (Wildman–Crippen LogP) is 0.945. The lowest BCUT2D eigenvalue weighted by atomic mass is 10.3. The van der Waals surface area contributed by atoms with Crippen LogP contribution in [0.25, 0.3) is 0 Å². The van der Waals surface area contributed by atoms with Gasteiger partial charge < -0.3 is 20.5 Å². The summed E-state index contributed by atoms with van der Waals surface area (Å²) in [6, 6.07) is 1.67. The van der Waals surface area contributed by atoms with Crippen molar-refractivity contribution in [2.45, 2.75) is 19.6 Å². The zero-order valence-corrected chi connectivity index (χ0v) is 10.6. The SMILES string of the molecule is CCOC[C@@H](O)CNC(=O)NCc1ccsc1. The molecule has 2 amide bonds. The molecule has 0 aliphatic rings. The van der Waals surface area contributed by atoms with Crippen molar-refractivity contribution in [3.8, 4) is 0 Å². The third-order valence-electron chi connectivity index (χ3n) is 2.05. The summed E-state index contributed by atoms with van der Waals surface area (Å²) in [5, 5.41) is 18.6. The van der Waals surface area contributed by atoms with Crippen LogP contribution in [-0.2, 0) is 11.3 Å². The molecule has 0 fully saturated rings. The zero-order chi connectivity index (χ0) is 12.5. The lowest BCUT2D eigenvalue weighted by Crippen LogP contribution is -2.40. The van der Waals surface area contributed by atoms with Gasteiger partial charge in [0.1, 0.15) is 0 Å². The fourth-order valence-corrected chi connectivity index (χ4v) is 1.83. The highest BCUT2D eigenvalue weighted by molar-refractivity contribution is 7.07. The number of carbonyl (C=O) groups excluding carboxylic acids is 1. The minimum atomic E-state index is -0.665. The van der Waals surface area contributed by atoms with Gasteiger partial charge in [-0.25, -0.2) is 4.79 Å². The number of rotatable bonds is 7. The third-order valence-corrected chi connectivity index (χ3v) is 2.78. The first-order valence-electron chi connectivity index (χ1n) is 5.51. The van der Waals surface area contributed by atoms with Crippen LogP contribution in [0.2, 0.25) is 0 Å². The van der Waals surface area contributed by atoms with E-state index in [0.29, 0.717) is 13.2 Å². The number of aliphatic hydroxyl groups is 1. The first kappa shape index (κ1) is 14.0. The highest BCUT2D eigenvalue weighted by Gasteiger charge is 2.06. The Morgan fingerprint density at radius 2 is 2.41 bits per heavy atom. The second kappa shape index (κ2) is 8.05. The van der Waals surface area contributed by atoms with Gasteiger partial charge in [0.2, 0.25) is 0 Å². The molecule has 17 heavy (non-hydrogen) atoms. The molecule has 0 saturated carbocycles. The molecule has 0 aliphatic carbocycles. The van der Waals surface area contributed by atoms with Crippen LogP contribution in [0, 0.1) is 0 Å². The number of urea groups is 1. The second-order valence-electron chi connectivity index (χ2n) is 3.51. The number of carbonyl (C=O) groups is 1. The smallest absolute Gasteiger partial charge is 0.315 e. The molecule has 0 bridgehead atoms. The van der Waals surface area contributed by atoms with Crippen LogP contribution >= 0.6 is 11.3 Å². The minimum Gasteiger partial charge on any atom is -0.389 e. The Morgan fingerprint density at radius 3 is 3.06 bits per heavy atom. The molecule has 1 aromatic heterocycles. The van der Waals surface area contributed by atoms with E-state index in [1.807, 2.05) is 23.8 Å². The summed E-state index contributed by atoms with van der Waals surface area (Å²) in [6.45, 7) is 3.34. The van der Waals surface area contributed by atoms with Crippen LogP contribution < -0.4 is 10.6 Å². The summed E-state index contributed by atoms with van der Waals surface area (Å²) >= 11 is 1.59. The fraction of sp³-hybridized carbons (Fsp3) is 0.545. The highest BCUT2D eigenvalue weighted by atomic mass is 32.1. The highest BCUT2D eigenvalue weighted by Crippen LogP contribution is 2.04. The van der Waals surface area contributed by atoms with E-state index < -0.39 is 6.10 Å². The van der Waals surface area contributed by atoms with Crippen molar-refractivity contribution < 1.29 is 14.6 Å². The van der Waals surface area contributed by atoms with E-state index in [-0.39, 0.29) is 19.2 Å². The van der Waals surface area contributed by atoms with Gasteiger partial charge in [-0.15, -0.1) is 0 Å². The Balaban J connectivity index is 2.08. The summed E-state index contributed by atoms with van der Waals surface area (Å²) in [5.74, 6) is 0. The number of aliphatic hydroxyl groups excluding tert-OH is 1. The Labute approximate surface area is 105 Å². The van der Waals surface area contributed by atoms with Gasteiger partial charge in [0.25, 0.3) is 0 Å². The molecule has 0 aromatic carbocycles. The van der Waals surface area contributed by atoms with Crippen LogP contribution in [0.15, 0.2) is 16.8 Å². The van der Waals surface area contributed by atoms with Crippen LogP contribution in [0.4, 0.5) is 4.79 Å². The maximum atomic E-state index is 11.3. The number of hydrogen-bond acceptors (Lipinski definition) is 4. The normalized spacial score (nSPS) is 12.1. The average molecular weight is 258 g/mol. The molecule has 0 spiro atoms. The Bertz CT molecular complexity index is 317. The van der Waals surface area contributed by atoms with E-state index in [1.165, 1.54) is 0 Å². The maximum absolute atomic E-state index is 11.3. The lowest BCUT2D eigenvalue weighted by molar-refractivity contribution is 0.0441. The summed E-state index contributed by atoms with van der Waals surface area (Å²) in [5.41, 5.74) is 1.07. The van der Waals surface area contributed by atoms with Crippen molar-refractivity contribution in [1.29, 1.82) is 0 Å². The standard InChI is InChI=1S/C11H18N2O3S/c1-2-16-7-10(14)6-13-11(15)12-5-9-3-4-17-8-9/h3-4,8,10,14H,2,5-7H2,1H3,(H2,12,13,15)/t10-/m0/s1. The molecule has 1 heterocycles. The fourth-order valence-electron chi connectivity index (χ4n) is 1.16. The van der Waals surface area contributed by atoms with Gasteiger partial charge in [-0.05, 0) is 29.3 Å². The lowest BCUT2D eigenvalue weighted by Gasteiger charge is -2.12. The molecule has 0 saturated heterocycles. The monoisotopic (exact) mass is 258 g/mol. The van der Waals surface area contributed by atoms with Crippen molar-refractivity contribution >= 4 is 17.4 Å². The van der Waals surface area contributed by atoms with E-state index in [2.05, 4.69) is 10.6 Å². The molecule has 6 heteroatoms. The van der Waals surface area contributed by atoms with Crippen molar-refractivity contribution in [2.75, 3.05) is 19.8 Å². The molecule has 3 N–H and O–H groups in total. The van der Waals surface area contributed by atoms with Gasteiger partial charge in [0.15, 0.2) is 0 Å². The quantitative estimate of drug-likeness (QED) is 0.682. The van der Waals surface area contributed by atoms with Crippen LogP contribution in [0.3, 0.4) is 0 Å². The average Bonchev–Trinajstić information content (AvgIpc) is 2.84. The summed E-state index contributed by atoms with van der Waals surface area (Å²) < 4.78 is 5.03. The molecule has 1 aromatic rings. The molecule has 1 rings (SSSR count). The molecule has 1 atom stereocenters. The molecule has 0 unspecified atom stereocenters. The largest absolute Gasteiger partial charge is 0.389 e. The van der Waals surface area contributed by atoms with Gasteiger partial charge in [-0.2, -0.15) is 11.3 Å². The van der Waals surface area contributed by atoms with E-state index in [4.69, 9.17) is 4.74 Å². The van der Waals surface area contributed by atoms with E-state index >= 15 is 0 Å². The summed E-state index contributed by atoms with van der Waals surface area (Å²) in [4.78, 5) is 11.3. The topological polar surface area (TPSA) is 70.6 Å². The zero-order valence-electron chi connectivity index (χ0n) is 9.81. The van der Waals surface area contributed by atoms with E-state index in [0.717, 1.165) is 5.56 Å². The van der Waals surface area contributed by atoms with Crippen molar-refractivity contribution in [3.63, 3.8) is 0 Å². The van der Waals surface area contributed by atoms with Crippen molar-refractivity contribution in [1.82, 2.24) is 10.6 Å². The number of thiophene rings is 1. The maximum Gasteiger partial charge on any atom is 0.315 e. The number of nitrogens with one attached hydrogen (secondary N) is 2. The molecule has 0 radical (unpaired) electrons. The Hall–Kier alpha value is -1.11. The first-order valence-corrected chi connectivity index (χ1v) is 6.45. The first-order chi connectivity index (χ1) is 8.22. The van der Waals surface area contributed by atoms with Gasteiger partial charge in [0.05, 0.1) is 12.7 Å². The van der Waals surface area contributed by atoms with Gasteiger partial charge >= 0.3 is 6.03 Å². The van der Waals surface area contributed by atoms with Gasteiger partial charge in [-0.3, -0.25) is 0 Å². The molecular weight excluding hydrogens is 240 g/mol. The summed E-state index contributed by atoms with van der Waals surface area (Å²) in [6.07, 6.45) is -0.665. The van der Waals surface area contributed by atoms with Crippen LogP contribution in [0.5, 0.6) is 0 Å². The molecular formula is C11H18N2O3S. The van der Waals surface area contributed by atoms with Gasteiger partial charge in [-0.1, -0.05) is 0 Å². The predicted molar refractivity (Wildman–Crippen MR) is 67.1 cm³/mol. The summed E-state index contributed by atoms with van der Waals surface area (Å²) in [7, 11) is 0. The van der Waals surface area contributed by atoms with Crippen molar-refractivity contribution in [3.05, 3.63) is 22.4 Å². The van der Waals surface area contributed by atoms with Crippen LogP contribution in [0.1, 0.15) is 12.5 Å².